The van der Waals surface area contributed by atoms with Gasteiger partial charge >= 0.3 is 0 Å². The summed E-state index contributed by atoms with van der Waals surface area (Å²) < 4.78 is 0. The molecule has 3 aliphatic rings. The van der Waals surface area contributed by atoms with E-state index in [-0.39, 0.29) is 0 Å². The largest absolute Gasteiger partial charge is 0.402 e. The number of rotatable bonds is 0. The predicted octanol–water partition coefficient (Wildman–Crippen LogP) is 3.22. The summed E-state index contributed by atoms with van der Waals surface area (Å²) in [5.74, 6) is 0.773. The predicted molar refractivity (Wildman–Crippen MR) is 71.1 cm³/mol. The molecule has 0 fully saturated rings. The lowest BCUT2D eigenvalue weighted by atomic mass is 9.68. The first-order valence-electron chi connectivity index (χ1n) is 6.01. The average molecular weight is 219 g/mol. The second kappa shape index (κ2) is 3.01. The zero-order chi connectivity index (χ0) is 11.4. The SMILES string of the molecule is NC1=CC=C2C=Cc3cccc4c3C2C1C=C4. The smallest absolute Gasteiger partial charge is 0.0277 e. The molecule has 2 N–H and O–H groups in total. The van der Waals surface area contributed by atoms with E-state index < -0.39 is 0 Å². The van der Waals surface area contributed by atoms with Crippen LogP contribution in [0.1, 0.15) is 22.6 Å². The van der Waals surface area contributed by atoms with Crippen molar-refractivity contribution >= 4 is 12.2 Å². The van der Waals surface area contributed by atoms with E-state index in [2.05, 4.69) is 48.6 Å². The summed E-state index contributed by atoms with van der Waals surface area (Å²) in [6.07, 6.45) is 13.1. The second-order valence-electron chi connectivity index (χ2n) is 4.88. The lowest BCUT2D eigenvalue weighted by molar-refractivity contribution is 0.623. The fourth-order valence-corrected chi connectivity index (χ4v) is 3.18. The van der Waals surface area contributed by atoms with Crippen LogP contribution >= 0.6 is 0 Å². The zero-order valence-corrected chi connectivity index (χ0v) is 9.43. The first-order valence-corrected chi connectivity index (χ1v) is 6.01. The van der Waals surface area contributed by atoms with Crippen LogP contribution in [0.4, 0.5) is 0 Å². The van der Waals surface area contributed by atoms with Crippen molar-refractivity contribution in [2.45, 2.75) is 5.92 Å². The highest BCUT2D eigenvalue weighted by atomic mass is 14.6. The van der Waals surface area contributed by atoms with E-state index in [1.54, 1.807) is 0 Å². The van der Waals surface area contributed by atoms with Crippen molar-refractivity contribution in [3.05, 3.63) is 70.5 Å². The molecule has 0 bridgehead atoms. The Kier molecular flexibility index (Phi) is 1.60. The summed E-state index contributed by atoms with van der Waals surface area (Å²) >= 11 is 0. The lowest BCUT2D eigenvalue weighted by Gasteiger charge is -2.36. The Morgan fingerprint density at radius 3 is 2.65 bits per heavy atom. The van der Waals surface area contributed by atoms with Gasteiger partial charge in [-0.05, 0) is 28.3 Å². The van der Waals surface area contributed by atoms with Crippen molar-refractivity contribution in [3.63, 3.8) is 0 Å². The average Bonchev–Trinajstić information content (AvgIpc) is 2.38. The molecule has 0 aromatic heterocycles. The summed E-state index contributed by atoms with van der Waals surface area (Å²) in [5, 5.41) is 0. The van der Waals surface area contributed by atoms with Crippen LogP contribution in [0, 0.1) is 5.92 Å². The van der Waals surface area contributed by atoms with Gasteiger partial charge in [0.2, 0.25) is 0 Å². The maximum absolute atomic E-state index is 6.12. The van der Waals surface area contributed by atoms with Gasteiger partial charge in [0.15, 0.2) is 0 Å². The van der Waals surface area contributed by atoms with Gasteiger partial charge in [0.25, 0.3) is 0 Å². The van der Waals surface area contributed by atoms with Crippen LogP contribution in [0.5, 0.6) is 0 Å². The quantitative estimate of drug-likeness (QED) is 0.712. The summed E-state index contributed by atoms with van der Waals surface area (Å²) in [4.78, 5) is 0. The van der Waals surface area contributed by atoms with E-state index in [4.69, 9.17) is 5.73 Å². The third kappa shape index (κ3) is 1.09. The van der Waals surface area contributed by atoms with Gasteiger partial charge < -0.3 is 5.73 Å². The van der Waals surface area contributed by atoms with Crippen LogP contribution < -0.4 is 5.73 Å². The van der Waals surface area contributed by atoms with Crippen LogP contribution in [-0.4, -0.2) is 0 Å². The van der Waals surface area contributed by atoms with Gasteiger partial charge in [-0.15, -0.1) is 0 Å². The number of benzene rings is 1. The van der Waals surface area contributed by atoms with Crippen molar-refractivity contribution in [1.82, 2.24) is 0 Å². The van der Waals surface area contributed by atoms with Crippen molar-refractivity contribution < 1.29 is 0 Å². The molecule has 0 heterocycles. The summed E-state index contributed by atoms with van der Waals surface area (Å²) in [7, 11) is 0. The Balaban J connectivity index is 2.07. The Morgan fingerprint density at radius 1 is 0.941 bits per heavy atom. The highest BCUT2D eigenvalue weighted by molar-refractivity contribution is 5.74. The summed E-state index contributed by atoms with van der Waals surface area (Å²) in [6.45, 7) is 0. The first kappa shape index (κ1) is 9.06. The Hall–Kier alpha value is -2.02. The second-order valence-corrected chi connectivity index (χ2v) is 4.88. The zero-order valence-electron chi connectivity index (χ0n) is 9.43. The normalized spacial score (nSPS) is 27.3. The number of hydrogen-bond donors (Lipinski definition) is 1. The van der Waals surface area contributed by atoms with E-state index in [0.29, 0.717) is 11.8 Å². The van der Waals surface area contributed by atoms with Crippen molar-refractivity contribution in [1.29, 1.82) is 0 Å². The van der Waals surface area contributed by atoms with Crippen LogP contribution in [0.15, 0.2) is 53.8 Å². The molecule has 2 unspecified atom stereocenters. The molecule has 0 spiro atoms. The van der Waals surface area contributed by atoms with Gasteiger partial charge in [-0.2, -0.15) is 0 Å². The van der Waals surface area contributed by atoms with Crippen molar-refractivity contribution in [2.75, 3.05) is 0 Å². The topological polar surface area (TPSA) is 26.0 Å². The van der Waals surface area contributed by atoms with Gasteiger partial charge in [0.1, 0.15) is 0 Å². The minimum atomic E-state index is 0.341. The molecule has 1 heteroatoms. The third-order valence-electron chi connectivity index (χ3n) is 3.99. The maximum Gasteiger partial charge on any atom is 0.0277 e. The van der Waals surface area contributed by atoms with E-state index in [1.807, 2.05) is 6.08 Å². The fraction of sp³-hybridized carbons (Fsp3) is 0.125. The minimum Gasteiger partial charge on any atom is -0.402 e. The summed E-state index contributed by atoms with van der Waals surface area (Å²) in [5.41, 5.74) is 12.6. The van der Waals surface area contributed by atoms with Gasteiger partial charge in [0, 0.05) is 17.5 Å². The number of hydrogen-bond acceptors (Lipinski definition) is 1. The molecular formula is C16H13N. The van der Waals surface area contributed by atoms with Crippen LogP contribution in [-0.2, 0) is 0 Å². The number of allylic oxidation sites excluding steroid dienone is 5. The van der Waals surface area contributed by atoms with E-state index in [0.717, 1.165) is 5.70 Å². The standard InChI is InChI=1S/C16H13N/c17-14-9-7-12-5-4-10-2-1-3-11-6-8-13(14)16(12)15(10)11/h1-9,13,16H,17H2. The molecule has 1 nitrogen and oxygen atoms in total. The lowest BCUT2D eigenvalue weighted by Crippen LogP contribution is -2.26. The third-order valence-corrected chi connectivity index (χ3v) is 3.99. The molecule has 1 aromatic carbocycles. The molecule has 17 heavy (non-hydrogen) atoms. The molecule has 4 rings (SSSR count). The molecule has 82 valence electrons. The monoisotopic (exact) mass is 219 g/mol. The Morgan fingerprint density at radius 2 is 1.76 bits per heavy atom. The molecular weight excluding hydrogens is 206 g/mol. The van der Waals surface area contributed by atoms with Crippen LogP contribution in [0.3, 0.4) is 0 Å². The van der Waals surface area contributed by atoms with Crippen LogP contribution in [0.25, 0.3) is 12.2 Å². The van der Waals surface area contributed by atoms with Gasteiger partial charge in [-0.3, -0.25) is 0 Å². The highest BCUT2D eigenvalue weighted by Crippen LogP contribution is 2.47. The highest BCUT2D eigenvalue weighted by Gasteiger charge is 2.34. The van der Waals surface area contributed by atoms with E-state index in [1.165, 1.54) is 22.3 Å². The minimum absolute atomic E-state index is 0.341. The maximum atomic E-state index is 6.12. The first-order chi connectivity index (χ1) is 8.34. The number of nitrogens with two attached hydrogens (primary N) is 1. The molecule has 3 aliphatic carbocycles. The van der Waals surface area contributed by atoms with Crippen LogP contribution in [0.2, 0.25) is 0 Å². The molecule has 2 atom stereocenters. The van der Waals surface area contributed by atoms with Gasteiger partial charge in [-0.1, -0.05) is 48.6 Å². The van der Waals surface area contributed by atoms with Crippen molar-refractivity contribution in [3.8, 4) is 0 Å². The van der Waals surface area contributed by atoms with Crippen molar-refractivity contribution in [2.24, 2.45) is 11.7 Å². The van der Waals surface area contributed by atoms with E-state index in [9.17, 15) is 0 Å². The van der Waals surface area contributed by atoms with Gasteiger partial charge in [0.05, 0.1) is 0 Å². The molecule has 0 aliphatic heterocycles. The fourth-order valence-electron chi connectivity index (χ4n) is 3.18. The Bertz CT molecular complexity index is 629. The molecule has 1 aromatic rings. The molecule has 0 saturated heterocycles. The molecule has 0 amide bonds. The molecule has 0 radical (unpaired) electrons. The summed E-state index contributed by atoms with van der Waals surface area (Å²) in [6, 6.07) is 6.51. The Labute approximate surface area is 101 Å². The van der Waals surface area contributed by atoms with Gasteiger partial charge in [-0.25, -0.2) is 0 Å². The van der Waals surface area contributed by atoms with E-state index >= 15 is 0 Å². The molecule has 0 saturated carbocycles.